The van der Waals surface area contributed by atoms with Crippen LogP contribution in [-0.4, -0.2) is 19.5 Å². The summed E-state index contributed by atoms with van der Waals surface area (Å²) in [7, 11) is 0. The van der Waals surface area contributed by atoms with Crippen molar-refractivity contribution in [2.45, 2.75) is 0 Å². The molecule has 4 heterocycles. The van der Waals surface area contributed by atoms with Gasteiger partial charge in [0.1, 0.15) is 11.2 Å². The Kier molecular flexibility index (Phi) is 7.03. The number of benzene rings is 8. The van der Waals surface area contributed by atoms with E-state index in [2.05, 4.69) is 150 Å². The van der Waals surface area contributed by atoms with Crippen LogP contribution in [0, 0.1) is 0 Å². The Balaban J connectivity index is 1.10. The van der Waals surface area contributed by atoms with Crippen molar-refractivity contribution in [2.24, 2.45) is 0 Å². The predicted octanol–water partition coefficient (Wildman–Crippen LogP) is 13.9. The maximum Gasteiger partial charge on any atom is 0.164 e. The molecular formula is C51H30N4OS. The molecule has 266 valence electrons. The average Bonchev–Trinajstić information content (AvgIpc) is 3.96. The summed E-state index contributed by atoms with van der Waals surface area (Å²) >= 11 is 1.80. The molecule has 0 radical (unpaired) electrons. The molecule has 57 heavy (non-hydrogen) atoms. The van der Waals surface area contributed by atoms with Crippen LogP contribution in [0.4, 0.5) is 0 Å². The summed E-state index contributed by atoms with van der Waals surface area (Å²) in [5, 5.41) is 6.96. The average molecular weight is 747 g/mol. The number of hydrogen-bond acceptors (Lipinski definition) is 5. The van der Waals surface area contributed by atoms with E-state index in [1.165, 1.54) is 36.6 Å². The zero-order chi connectivity index (χ0) is 37.5. The van der Waals surface area contributed by atoms with Gasteiger partial charge in [-0.15, -0.1) is 11.3 Å². The highest BCUT2D eigenvalue weighted by Gasteiger charge is 2.21. The summed E-state index contributed by atoms with van der Waals surface area (Å²) in [6.45, 7) is 0. The van der Waals surface area contributed by atoms with E-state index in [0.29, 0.717) is 17.5 Å². The fourth-order valence-corrected chi connectivity index (χ4v) is 9.72. The molecule has 5 nitrogen and oxygen atoms in total. The lowest BCUT2D eigenvalue weighted by atomic mass is 9.96. The molecule has 0 spiro atoms. The molecule has 0 aliphatic rings. The van der Waals surface area contributed by atoms with E-state index in [4.69, 9.17) is 19.4 Å². The van der Waals surface area contributed by atoms with E-state index in [9.17, 15) is 0 Å². The zero-order valence-corrected chi connectivity index (χ0v) is 31.2. The third kappa shape index (κ3) is 4.98. The van der Waals surface area contributed by atoms with E-state index in [1.807, 2.05) is 36.4 Å². The molecule has 0 bridgehead atoms. The molecule has 0 saturated heterocycles. The standard InChI is InChI=1S/C51H30N4OS/c1-3-14-31(15-4-1)49-52-50(32-16-5-2-6-17-32)54-51(53-49)37-21-12-27-45-48(37)47-34(20-11-26-44(47)57-45)33-28-29-42-38(30-33)46-41(24-13-25-43(46)56-42)55-39-22-9-7-18-35(39)36-19-8-10-23-40(36)55/h1-30H. The number of fused-ring (bicyclic) bond motifs is 9. The number of para-hydroxylation sites is 2. The first-order valence-electron chi connectivity index (χ1n) is 19.0. The first kappa shape index (κ1) is 31.9. The van der Waals surface area contributed by atoms with Crippen LogP contribution in [0.15, 0.2) is 186 Å². The number of furan rings is 1. The molecule has 0 N–H and O–H groups in total. The molecular weight excluding hydrogens is 717 g/mol. The Morgan fingerprint density at radius 1 is 0.386 bits per heavy atom. The summed E-state index contributed by atoms with van der Waals surface area (Å²) in [6.07, 6.45) is 0. The molecule has 0 amide bonds. The highest BCUT2D eigenvalue weighted by Crippen LogP contribution is 2.46. The monoisotopic (exact) mass is 746 g/mol. The molecule has 0 aliphatic carbocycles. The largest absolute Gasteiger partial charge is 0.456 e. The Hall–Kier alpha value is -7.41. The Morgan fingerprint density at radius 3 is 1.61 bits per heavy atom. The molecule has 4 aromatic heterocycles. The molecule has 12 aromatic rings. The highest BCUT2D eigenvalue weighted by atomic mass is 32.1. The van der Waals surface area contributed by atoms with Crippen molar-refractivity contribution in [3.05, 3.63) is 182 Å². The summed E-state index contributed by atoms with van der Waals surface area (Å²) in [5.41, 5.74) is 10.3. The van der Waals surface area contributed by atoms with Gasteiger partial charge in [-0.1, -0.05) is 133 Å². The lowest BCUT2D eigenvalue weighted by Crippen LogP contribution is -2.00. The minimum Gasteiger partial charge on any atom is -0.456 e. The van der Waals surface area contributed by atoms with Crippen molar-refractivity contribution in [1.29, 1.82) is 0 Å². The normalized spacial score (nSPS) is 11.9. The van der Waals surface area contributed by atoms with Gasteiger partial charge in [-0.3, -0.25) is 0 Å². The lowest BCUT2D eigenvalue weighted by molar-refractivity contribution is 0.669. The first-order chi connectivity index (χ1) is 28.3. The minimum atomic E-state index is 0.646. The Bertz CT molecular complexity index is 3420. The molecule has 6 heteroatoms. The van der Waals surface area contributed by atoms with Crippen LogP contribution in [0.5, 0.6) is 0 Å². The topological polar surface area (TPSA) is 56.7 Å². The Morgan fingerprint density at radius 2 is 0.947 bits per heavy atom. The number of hydrogen-bond donors (Lipinski definition) is 0. The van der Waals surface area contributed by atoms with Crippen molar-refractivity contribution < 1.29 is 4.42 Å². The van der Waals surface area contributed by atoms with Gasteiger partial charge >= 0.3 is 0 Å². The van der Waals surface area contributed by atoms with Crippen molar-refractivity contribution >= 4 is 75.3 Å². The number of nitrogens with zero attached hydrogens (tertiary/aromatic N) is 4. The summed E-state index contributed by atoms with van der Waals surface area (Å²) < 4.78 is 11.4. The van der Waals surface area contributed by atoms with Crippen LogP contribution in [0.25, 0.3) is 115 Å². The predicted molar refractivity (Wildman–Crippen MR) is 236 cm³/mol. The summed E-state index contributed by atoms with van der Waals surface area (Å²) in [5.74, 6) is 1.94. The molecule has 8 aromatic carbocycles. The zero-order valence-electron chi connectivity index (χ0n) is 30.4. The molecule has 0 atom stereocenters. The van der Waals surface area contributed by atoms with Gasteiger partial charge in [0.2, 0.25) is 0 Å². The van der Waals surface area contributed by atoms with Crippen molar-refractivity contribution in [3.63, 3.8) is 0 Å². The SMILES string of the molecule is c1ccc(-c2nc(-c3ccccc3)nc(-c3cccc4sc5cccc(-c6ccc7oc8cccc(-n9c%10ccccc%10c%10ccccc%109)c8c7c6)c5c34)n2)cc1. The van der Waals surface area contributed by atoms with Gasteiger partial charge in [0, 0.05) is 53.0 Å². The van der Waals surface area contributed by atoms with E-state index in [-0.39, 0.29) is 0 Å². The van der Waals surface area contributed by atoms with Crippen LogP contribution in [0.3, 0.4) is 0 Å². The number of aromatic nitrogens is 4. The van der Waals surface area contributed by atoms with Crippen molar-refractivity contribution in [3.8, 4) is 51.0 Å². The molecule has 0 unspecified atom stereocenters. The fourth-order valence-electron chi connectivity index (χ4n) is 8.57. The Labute approximate surface area is 330 Å². The van der Waals surface area contributed by atoms with Crippen LogP contribution >= 0.6 is 11.3 Å². The minimum absolute atomic E-state index is 0.646. The second-order valence-corrected chi connectivity index (χ2v) is 15.4. The van der Waals surface area contributed by atoms with Crippen LogP contribution < -0.4 is 0 Å². The maximum atomic E-state index is 6.59. The summed E-state index contributed by atoms with van der Waals surface area (Å²) in [6, 6.07) is 63.7. The van der Waals surface area contributed by atoms with E-state index in [1.54, 1.807) is 11.3 Å². The summed E-state index contributed by atoms with van der Waals surface area (Å²) in [4.78, 5) is 15.3. The van der Waals surface area contributed by atoms with E-state index in [0.717, 1.165) is 60.8 Å². The van der Waals surface area contributed by atoms with Gasteiger partial charge in [0.15, 0.2) is 17.5 Å². The van der Waals surface area contributed by atoms with Gasteiger partial charge in [-0.05, 0) is 59.7 Å². The fraction of sp³-hybridized carbons (Fsp3) is 0. The number of rotatable bonds is 5. The van der Waals surface area contributed by atoms with Gasteiger partial charge in [-0.25, -0.2) is 15.0 Å². The third-order valence-electron chi connectivity index (χ3n) is 11.1. The first-order valence-corrected chi connectivity index (χ1v) is 19.8. The molecule has 0 saturated carbocycles. The van der Waals surface area contributed by atoms with E-state index < -0.39 is 0 Å². The van der Waals surface area contributed by atoms with Crippen LogP contribution in [0.1, 0.15) is 0 Å². The van der Waals surface area contributed by atoms with Crippen molar-refractivity contribution in [1.82, 2.24) is 19.5 Å². The second kappa shape index (κ2) is 12.6. The third-order valence-corrected chi connectivity index (χ3v) is 12.2. The van der Waals surface area contributed by atoms with Gasteiger partial charge < -0.3 is 8.98 Å². The van der Waals surface area contributed by atoms with Crippen molar-refractivity contribution in [2.75, 3.05) is 0 Å². The van der Waals surface area contributed by atoms with Crippen LogP contribution in [-0.2, 0) is 0 Å². The van der Waals surface area contributed by atoms with Crippen LogP contribution in [0.2, 0.25) is 0 Å². The number of thiophene rings is 1. The van der Waals surface area contributed by atoms with Gasteiger partial charge in [0.05, 0.1) is 22.1 Å². The molecule has 0 fully saturated rings. The maximum absolute atomic E-state index is 6.59. The quantitative estimate of drug-likeness (QED) is 0.176. The lowest BCUT2D eigenvalue weighted by Gasteiger charge is -2.11. The van der Waals surface area contributed by atoms with Gasteiger partial charge in [-0.2, -0.15) is 0 Å². The smallest absolute Gasteiger partial charge is 0.164 e. The highest BCUT2D eigenvalue weighted by molar-refractivity contribution is 7.26. The molecule has 12 rings (SSSR count). The second-order valence-electron chi connectivity index (χ2n) is 14.3. The van der Waals surface area contributed by atoms with Gasteiger partial charge in [0.25, 0.3) is 0 Å². The molecule has 0 aliphatic heterocycles. The van der Waals surface area contributed by atoms with E-state index >= 15 is 0 Å².